The largest absolute Gasteiger partial charge is 0.466 e. The predicted molar refractivity (Wildman–Crippen MR) is 50.2 cm³/mol. The molecule has 1 aromatic rings. The van der Waals surface area contributed by atoms with Gasteiger partial charge in [0.05, 0.1) is 23.0 Å². The number of aromatic nitrogens is 1. The predicted octanol–water partition coefficient (Wildman–Crippen LogP) is 2.01. The van der Waals surface area contributed by atoms with Crippen LogP contribution in [0.2, 0.25) is 0 Å². The average molecular weight is 250 g/mol. The van der Waals surface area contributed by atoms with Crippen LogP contribution in [0.15, 0.2) is 9.98 Å². The lowest BCUT2D eigenvalue weighted by Crippen LogP contribution is -2.06. The highest BCUT2D eigenvalue weighted by Gasteiger charge is 2.06. The Balaban J connectivity index is 2.46. The highest BCUT2D eigenvalue weighted by molar-refractivity contribution is 9.11. The van der Waals surface area contributed by atoms with Crippen LogP contribution in [-0.2, 0) is 16.0 Å². The maximum absolute atomic E-state index is 11.0. The van der Waals surface area contributed by atoms with E-state index in [0.29, 0.717) is 6.61 Å². The summed E-state index contributed by atoms with van der Waals surface area (Å²) in [6.45, 7) is 2.21. The SMILES string of the molecule is CCOC(=O)Cc1ncc(Br)s1. The molecule has 0 radical (unpaired) electrons. The lowest BCUT2D eigenvalue weighted by Gasteiger charge is -1.97. The first-order valence-corrected chi connectivity index (χ1v) is 5.09. The van der Waals surface area contributed by atoms with Gasteiger partial charge in [-0.2, -0.15) is 0 Å². The summed E-state index contributed by atoms with van der Waals surface area (Å²) in [5, 5.41) is 0.778. The van der Waals surface area contributed by atoms with E-state index in [-0.39, 0.29) is 12.4 Å². The second kappa shape index (κ2) is 4.57. The van der Waals surface area contributed by atoms with Gasteiger partial charge in [-0.25, -0.2) is 4.98 Å². The Kier molecular flexibility index (Phi) is 3.68. The fourth-order valence-corrected chi connectivity index (χ4v) is 1.99. The van der Waals surface area contributed by atoms with Crippen molar-refractivity contribution in [1.29, 1.82) is 0 Å². The van der Waals surface area contributed by atoms with Crippen molar-refractivity contribution in [1.82, 2.24) is 4.98 Å². The molecule has 66 valence electrons. The van der Waals surface area contributed by atoms with Gasteiger partial charge in [0.25, 0.3) is 0 Å². The van der Waals surface area contributed by atoms with Gasteiger partial charge in [0.15, 0.2) is 0 Å². The molecule has 1 aromatic heterocycles. The number of thiazole rings is 1. The van der Waals surface area contributed by atoms with Crippen LogP contribution < -0.4 is 0 Å². The summed E-state index contributed by atoms with van der Waals surface area (Å²) in [5.74, 6) is -0.223. The Morgan fingerprint density at radius 1 is 1.83 bits per heavy atom. The highest BCUT2D eigenvalue weighted by atomic mass is 79.9. The van der Waals surface area contributed by atoms with Crippen LogP contribution in [0.4, 0.5) is 0 Å². The molecule has 3 nitrogen and oxygen atoms in total. The summed E-state index contributed by atoms with van der Waals surface area (Å²) in [6, 6.07) is 0. The van der Waals surface area contributed by atoms with Gasteiger partial charge in [0.1, 0.15) is 5.01 Å². The van der Waals surface area contributed by atoms with Crippen molar-refractivity contribution in [2.45, 2.75) is 13.3 Å². The second-order valence-corrected chi connectivity index (χ2v) is 4.53. The molecule has 1 rings (SSSR count). The second-order valence-electron chi connectivity index (χ2n) is 2.04. The first kappa shape index (κ1) is 9.67. The Morgan fingerprint density at radius 2 is 2.58 bits per heavy atom. The van der Waals surface area contributed by atoms with E-state index in [1.54, 1.807) is 13.1 Å². The van der Waals surface area contributed by atoms with Crippen molar-refractivity contribution in [3.05, 3.63) is 15.0 Å². The van der Waals surface area contributed by atoms with Gasteiger partial charge >= 0.3 is 5.97 Å². The number of esters is 1. The molecule has 0 aliphatic rings. The van der Waals surface area contributed by atoms with E-state index in [9.17, 15) is 4.79 Å². The summed E-state index contributed by atoms with van der Waals surface area (Å²) in [4.78, 5) is 15.0. The van der Waals surface area contributed by atoms with E-state index in [0.717, 1.165) is 8.79 Å². The quantitative estimate of drug-likeness (QED) is 0.770. The van der Waals surface area contributed by atoms with Crippen LogP contribution >= 0.6 is 27.3 Å². The van der Waals surface area contributed by atoms with Gasteiger partial charge in [-0.1, -0.05) is 0 Å². The number of nitrogens with zero attached hydrogens (tertiary/aromatic N) is 1. The van der Waals surface area contributed by atoms with Gasteiger partial charge in [-0.15, -0.1) is 11.3 Å². The molecule has 0 spiro atoms. The van der Waals surface area contributed by atoms with E-state index < -0.39 is 0 Å². The zero-order valence-electron chi connectivity index (χ0n) is 6.54. The first-order valence-electron chi connectivity index (χ1n) is 3.48. The van der Waals surface area contributed by atoms with Crippen molar-refractivity contribution in [3.63, 3.8) is 0 Å². The highest BCUT2D eigenvalue weighted by Crippen LogP contribution is 2.19. The molecule has 0 N–H and O–H groups in total. The number of hydrogen-bond donors (Lipinski definition) is 0. The van der Waals surface area contributed by atoms with Crippen LogP contribution in [-0.4, -0.2) is 17.6 Å². The Morgan fingerprint density at radius 3 is 3.08 bits per heavy atom. The number of carbonyl (C=O) groups is 1. The van der Waals surface area contributed by atoms with Gasteiger partial charge < -0.3 is 4.74 Å². The zero-order chi connectivity index (χ0) is 8.97. The van der Waals surface area contributed by atoms with E-state index in [1.807, 2.05) is 0 Å². The minimum absolute atomic E-state index is 0.223. The van der Waals surface area contributed by atoms with E-state index in [4.69, 9.17) is 4.74 Å². The summed E-state index contributed by atoms with van der Waals surface area (Å²) in [5.41, 5.74) is 0. The summed E-state index contributed by atoms with van der Waals surface area (Å²) in [7, 11) is 0. The summed E-state index contributed by atoms with van der Waals surface area (Å²) < 4.78 is 5.70. The normalized spacial score (nSPS) is 9.83. The minimum Gasteiger partial charge on any atom is -0.466 e. The van der Waals surface area contributed by atoms with Crippen LogP contribution in [0.1, 0.15) is 11.9 Å². The number of hydrogen-bond acceptors (Lipinski definition) is 4. The molecule has 0 saturated heterocycles. The monoisotopic (exact) mass is 249 g/mol. The molecule has 0 aromatic carbocycles. The third kappa shape index (κ3) is 2.91. The molecule has 0 atom stereocenters. The van der Waals surface area contributed by atoms with E-state index in [2.05, 4.69) is 20.9 Å². The van der Waals surface area contributed by atoms with Gasteiger partial charge in [-0.3, -0.25) is 4.79 Å². The molecule has 0 bridgehead atoms. The van der Waals surface area contributed by atoms with Crippen molar-refractivity contribution >= 4 is 33.2 Å². The molecule has 0 aliphatic heterocycles. The number of carbonyl (C=O) groups excluding carboxylic acids is 1. The fourth-order valence-electron chi connectivity index (χ4n) is 0.705. The van der Waals surface area contributed by atoms with Gasteiger partial charge in [-0.05, 0) is 22.9 Å². The van der Waals surface area contributed by atoms with Gasteiger partial charge in [0, 0.05) is 0 Å². The average Bonchev–Trinajstić information content (AvgIpc) is 2.36. The molecule has 0 unspecified atom stereocenters. The molecule has 5 heteroatoms. The number of halogens is 1. The van der Waals surface area contributed by atoms with Gasteiger partial charge in [0.2, 0.25) is 0 Å². The minimum atomic E-state index is -0.223. The molecular weight excluding hydrogens is 242 g/mol. The van der Waals surface area contributed by atoms with Crippen LogP contribution in [0.5, 0.6) is 0 Å². The van der Waals surface area contributed by atoms with Crippen molar-refractivity contribution < 1.29 is 9.53 Å². The van der Waals surface area contributed by atoms with Crippen LogP contribution in [0.25, 0.3) is 0 Å². The Hall–Kier alpha value is -0.420. The molecule has 0 aliphatic carbocycles. The smallest absolute Gasteiger partial charge is 0.312 e. The molecular formula is C7H8BrNO2S. The lowest BCUT2D eigenvalue weighted by molar-refractivity contribution is -0.142. The Labute approximate surface area is 82.9 Å². The van der Waals surface area contributed by atoms with Crippen LogP contribution in [0.3, 0.4) is 0 Å². The Bertz CT molecular complexity index is 274. The molecule has 0 amide bonds. The van der Waals surface area contributed by atoms with Crippen LogP contribution in [0, 0.1) is 0 Å². The maximum Gasteiger partial charge on any atom is 0.312 e. The summed E-state index contributed by atoms with van der Waals surface area (Å²) in [6.07, 6.45) is 1.95. The lowest BCUT2D eigenvalue weighted by atomic mass is 10.4. The molecule has 12 heavy (non-hydrogen) atoms. The fraction of sp³-hybridized carbons (Fsp3) is 0.429. The third-order valence-corrected chi connectivity index (χ3v) is 2.60. The van der Waals surface area contributed by atoms with E-state index >= 15 is 0 Å². The van der Waals surface area contributed by atoms with Crippen molar-refractivity contribution in [2.24, 2.45) is 0 Å². The van der Waals surface area contributed by atoms with Crippen molar-refractivity contribution in [3.8, 4) is 0 Å². The zero-order valence-corrected chi connectivity index (χ0v) is 8.94. The topological polar surface area (TPSA) is 39.2 Å². The molecule has 0 fully saturated rings. The standard InChI is InChI=1S/C7H8BrNO2S/c1-2-11-7(10)3-6-9-4-5(8)12-6/h4H,2-3H2,1H3. The number of rotatable bonds is 3. The van der Waals surface area contributed by atoms with Crippen molar-refractivity contribution in [2.75, 3.05) is 6.61 Å². The molecule has 1 heterocycles. The number of ether oxygens (including phenoxy) is 1. The van der Waals surface area contributed by atoms with E-state index in [1.165, 1.54) is 11.3 Å². The molecule has 0 saturated carbocycles. The first-order chi connectivity index (χ1) is 5.72. The maximum atomic E-state index is 11.0. The third-order valence-electron chi connectivity index (χ3n) is 1.13. The summed E-state index contributed by atoms with van der Waals surface area (Å²) >= 11 is 4.71.